The topological polar surface area (TPSA) is 50.2 Å². The normalized spacial score (nSPS) is 15.8. The van der Waals surface area contributed by atoms with Crippen molar-refractivity contribution in [2.24, 2.45) is 0 Å². The molecule has 1 aliphatic rings. The van der Waals surface area contributed by atoms with Crippen LogP contribution >= 0.6 is 11.3 Å². The second-order valence-corrected chi connectivity index (χ2v) is 7.45. The number of nitrogens with zero attached hydrogens (tertiary/aromatic N) is 3. The number of para-hydroxylation sites is 1. The van der Waals surface area contributed by atoms with Crippen LogP contribution in [0.1, 0.15) is 34.2 Å². The average Bonchev–Trinajstić information content (AvgIpc) is 3.44. The van der Waals surface area contributed by atoms with Crippen LogP contribution in [0, 0.1) is 0 Å². The first kappa shape index (κ1) is 17.0. The molecule has 6 heteroatoms. The molecule has 1 amide bonds. The SMILES string of the molecule is O=C(NCC(c1cccs1)N1CCCC1)c1cncn1-c1ccccc1. The van der Waals surface area contributed by atoms with E-state index >= 15 is 0 Å². The molecule has 5 nitrogen and oxygen atoms in total. The van der Waals surface area contributed by atoms with E-state index < -0.39 is 0 Å². The maximum absolute atomic E-state index is 12.8. The Bertz CT molecular complexity index is 838. The van der Waals surface area contributed by atoms with Crippen LogP contribution in [0.5, 0.6) is 0 Å². The van der Waals surface area contributed by atoms with E-state index in [0.29, 0.717) is 12.2 Å². The number of rotatable bonds is 6. The van der Waals surface area contributed by atoms with Gasteiger partial charge in [-0.1, -0.05) is 24.3 Å². The highest BCUT2D eigenvalue weighted by Gasteiger charge is 2.25. The Morgan fingerprint density at radius 3 is 2.69 bits per heavy atom. The standard InChI is InChI=1S/C20H22N4OS/c25-20(18-13-21-15-24(18)16-7-2-1-3-8-16)22-14-17(19-9-6-12-26-19)23-10-4-5-11-23/h1-3,6-9,12-13,15,17H,4-5,10-11,14H2,(H,22,25). The molecule has 134 valence electrons. The highest BCUT2D eigenvalue weighted by molar-refractivity contribution is 7.10. The minimum atomic E-state index is -0.0906. The van der Waals surface area contributed by atoms with Crippen molar-refractivity contribution in [2.45, 2.75) is 18.9 Å². The molecule has 26 heavy (non-hydrogen) atoms. The molecule has 1 fully saturated rings. The fourth-order valence-electron chi connectivity index (χ4n) is 3.48. The molecule has 0 radical (unpaired) electrons. The van der Waals surface area contributed by atoms with Crippen molar-refractivity contribution in [2.75, 3.05) is 19.6 Å². The van der Waals surface area contributed by atoms with Gasteiger partial charge in [-0.15, -0.1) is 11.3 Å². The lowest BCUT2D eigenvalue weighted by molar-refractivity contribution is 0.0931. The van der Waals surface area contributed by atoms with Crippen LogP contribution in [0.3, 0.4) is 0 Å². The van der Waals surface area contributed by atoms with Crippen LogP contribution < -0.4 is 5.32 Å². The molecular formula is C20H22N4OS. The van der Waals surface area contributed by atoms with Crippen LogP contribution in [0.4, 0.5) is 0 Å². The summed E-state index contributed by atoms with van der Waals surface area (Å²) in [5.41, 5.74) is 1.49. The molecular weight excluding hydrogens is 344 g/mol. The van der Waals surface area contributed by atoms with Crippen molar-refractivity contribution in [1.82, 2.24) is 19.8 Å². The Balaban J connectivity index is 1.49. The molecule has 1 aromatic carbocycles. The monoisotopic (exact) mass is 366 g/mol. The van der Waals surface area contributed by atoms with Gasteiger partial charge >= 0.3 is 0 Å². The molecule has 4 rings (SSSR count). The maximum atomic E-state index is 12.8. The van der Waals surface area contributed by atoms with E-state index in [1.807, 2.05) is 34.9 Å². The number of benzene rings is 1. The van der Waals surface area contributed by atoms with Crippen molar-refractivity contribution in [1.29, 1.82) is 0 Å². The van der Waals surface area contributed by atoms with E-state index in [-0.39, 0.29) is 11.9 Å². The number of aromatic nitrogens is 2. The molecule has 3 aromatic rings. The maximum Gasteiger partial charge on any atom is 0.269 e. The molecule has 1 atom stereocenters. The van der Waals surface area contributed by atoms with Gasteiger partial charge in [-0.2, -0.15) is 0 Å². The molecule has 1 saturated heterocycles. The first-order valence-corrected chi connectivity index (χ1v) is 9.84. The van der Waals surface area contributed by atoms with E-state index in [1.54, 1.807) is 23.9 Å². The Labute approximate surface area is 157 Å². The molecule has 0 spiro atoms. The Morgan fingerprint density at radius 2 is 1.96 bits per heavy atom. The zero-order valence-electron chi connectivity index (χ0n) is 14.5. The Hall–Kier alpha value is -2.44. The second kappa shape index (κ2) is 7.85. The summed E-state index contributed by atoms with van der Waals surface area (Å²) in [6, 6.07) is 14.3. The number of hydrogen-bond acceptors (Lipinski definition) is 4. The second-order valence-electron chi connectivity index (χ2n) is 6.47. The predicted octanol–water partition coefficient (Wildman–Crippen LogP) is 3.50. The van der Waals surface area contributed by atoms with Crippen molar-refractivity contribution in [3.63, 3.8) is 0 Å². The van der Waals surface area contributed by atoms with Crippen LogP contribution in [-0.4, -0.2) is 40.0 Å². The molecule has 0 aliphatic carbocycles. The van der Waals surface area contributed by atoms with E-state index in [0.717, 1.165) is 18.8 Å². The van der Waals surface area contributed by atoms with E-state index in [1.165, 1.54) is 17.7 Å². The minimum Gasteiger partial charge on any atom is -0.349 e. The molecule has 0 saturated carbocycles. The number of likely N-dealkylation sites (tertiary alicyclic amines) is 1. The van der Waals surface area contributed by atoms with Gasteiger partial charge < -0.3 is 5.32 Å². The largest absolute Gasteiger partial charge is 0.349 e. The van der Waals surface area contributed by atoms with E-state index in [2.05, 4.69) is 32.7 Å². The highest BCUT2D eigenvalue weighted by atomic mass is 32.1. The zero-order valence-corrected chi connectivity index (χ0v) is 15.4. The van der Waals surface area contributed by atoms with Gasteiger partial charge in [0.15, 0.2) is 0 Å². The third-order valence-corrected chi connectivity index (χ3v) is 5.79. The van der Waals surface area contributed by atoms with E-state index in [9.17, 15) is 4.79 Å². The number of carbonyl (C=O) groups excluding carboxylic acids is 1. The molecule has 1 aliphatic heterocycles. The van der Waals surface area contributed by atoms with Gasteiger partial charge in [-0.25, -0.2) is 4.98 Å². The summed E-state index contributed by atoms with van der Waals surface area (Å²) < 4.78 is 1.82. The van der Waals surface area contributed by atoms with Crippen LogP contribution in [0.2, 0.25) is 0 Å². The van der Waals surface area contributed by atoms with Gasteiger partial charge in [0.05, 0.1) is 18.6 Å². The molecule has 3 heterocycles. The van der Waals surface area contributed by atoms with Crippen molar-refractivity contribution in [3.05, 3.63) is 70.9 Å². The first-order valence-electron chi connectivity index (χ1n) is 8.96. The molecule has 0 bridgehead atoms. The van der Waals surface area contributed by atoms with Crippen molar-refractivity contribution in [3.8, 4) is 5.69 Å². The average molecular weight is 366 g/mol. The van der Waals surface area contributed by atoms with Crippen molar-refractivity contribution >= 4 is 17.2 Å². The number of thiophene rings is 1. The van der Waals surface area contributed by atoms with Crippen LogP contribution in [0.25, 0.3) is 5.69 Å². The molecule has 2 aromatic heterocycles. The number of hydrogen-bond donors (Lipinski definition) is 1. The van der Waals surface area contributed by atoms with Gasteiger partial charge in [0.25, 0.3) is 5.91 Å². The summed E-state index contributed by atoms with van der Waals surface area (Å²) >= 11 is 1.76. The Morgan fingerprint density at radius 1 is 1.15 bits per heavy atom. The third-order valence-electron chi connectivity index (χ3n) is 4.81. The predicted molar refractivity (Wildman–Crippen MR) is 104 cm³/mol. The summed E-state index contributed by atoms with van der Waals surface area (Å²) in [6.07, 6.45) is 5.77. The number of amides is 1. The van der Waals surface area contributed by atoms with Crippen molar-refractivity contribution < 1.29 is 4.79 Å². The number of nitrogens with one attached hydrogen (secondary N) is 1. The molecule has 1 unspecified atom stereocenters. The van der Waals surface area contributed by atoms with Gasteiger partial charge in [-0.3, -0.25) is 14.3 Å². The van der Waals surface area contributed by atoms with Crippen LogP contribution in [0.15, 0.2) is 60.4 Å². The summed E-state index contributed by atoms with van der Waals surface area (Å²) in [5, 5.41) is 5.23. The molecule has 1 N–H and O–H groups in total. The number of carbonyl (C=O) groups is 1. The minimum absolute atomic E-state index is 0.0906. The fourth-order valence-corrected chi connectivity index (χ4v) is 4.34. The van der Waals surface area contributed by atoms with Gasteiger partial charge in [0.1, 0.15) is 5.69 Å². The Kier molecular flexibility index (Phi) is 5.13. The summed E-state index contributed by atoms with van der Waals surface area (Å²) in [4.78, 5) is 20.8. The smallest absolute Gasteiger partial charge is 0.269 e. The third kappa shape index (κ3) is 3.57. The number of imidazole rings is 1. The van der Waals surface area contributed by atoms with Gasteiger partial charge in [-0.05, 0) is 49.5 Å². The summed E-state index contributed by atoms with van der Waals surface area (Å²) in [6.45, 7) is 2.81. The lowest BCUT2D eigenvalue weighted by Crippen LogP contribution is -2.37. The summed E-state index contributed by atoms with van der Waals surface area (Å²) in [7, 11) is 0. The van der Waals surface area contributed by atoms with Gasteiger partial charge in [0.2, 0.25) is 0 Å². The lowest BCUT2D eigenvalue weighted by atomic mass is 10.2. The van der Waals surface area contributed by atoms with E-state index in [4.69, 9.17) is 0 Å². The first-order chi connectivity index (χ1) is 12.8. The quantitative estimate of drug-likeness (QED) is 0.726. The lowest BCUT2D eigenvalue weighted by Gasteiger charge is -2.27. The van der Waals surface area contributed by atoms with Gasteiger partial charge in [0, 0.05) is 17.1 Å². The highest BCUT2D eigenvalue weighted by Crippen LogP contribution is 2.28. The van der Waals surface area contributed by atoms with Crippen LogP contribution in [-0.2, 0) is 0 Å². The zero-order chi connectivity index (χ0) is 17.8. The fraction of sp³-hybridized carbons (Fsp3) is 0.300. The summed E-state index contributed by atoms with van der Waals surface area (Å²) in [5.74, 6) is -0.0906.